The van der Waals surface area contributed by atoms with Crippen LogP contribution in [0.4, 0.5) is 4.79 Å². The van der Waals surface area contributed by atoms with Gasteiger partial charge < -0.3 is 20.3 Å². The van der Waals surface area contributed by atoms with Crippen LogP contribution in [0.25, 0.3) is 0 Å². The Hall–Kier alpha value is -0.810. The summed E-state index contributed by atoms with van der Waals surface area (Å²) in [6.45, 7) is 11.2. The number of likely N-dealkylation sites (tertiary alicyclic amines) is 1. The highest BCUT2D eigenvalue weighted by atomic mass is 16.6. The van der Waals surface area contributed by atoms with Crippen LogP contribution in [0.5, 0.6) is 0 Å². The monoisotopic (exact) mass is 241 g/mol. The van der Waals surface area contributed by atoms with Gasteiger partial charge in [-0.25, -0.2) is 4.79 Å². The molecule has 2 N–H and O–H groups in total. The molecule has 2 heterocycles. The Morgan fingerprint density at radius 1 is 1.41 bits per heavy atom. The van der Waals surface area contributed by atoms with Crippen LogP contribution < -0.4 is 10.6 Å². The molecule has 5 heteroatoms. The van der Waals surface area contributed by atoms with E-state index in [0.717, 1.165) is 26.2 Å². The maximum absolute atomic E-state index is 11.8. The van der Waals surface area contributed by atoms with Gasteiger partial charge in [0.25, 0.3) is 0 Å². The molecule has 0 aliphatic carbocycles. The van der Waals surface area contributed by atoms with E-state index in [-0.39, 0.29) is 11.6 Å². The van der Waals surface area contributed by atoms with Crippen molar-refractivity contribution in [3.63, 3.8) is 0 Å². The highest BCUT2D eigenvalue weighted by Crippen LogP contribution is 2.25. The molecule has 1 amide bonds. The topological polar surface area (TPSA) is 53.6 Å². The Morgan fingerprint density at radius 2 is 2.06 bits per heavy atom. The van der Waals surface area contributed by atoms with Gasteiger partial charge in [0.1, 0.15) is 5.60 Å². The SMILES string of the molecule is C[C@H]1CNCC2(CN(C(=O)OC(C)(C)C)C2)N1. The van der Waals surface area contributed by atoms with E-state index in [2.05, 4.69) is 17.6 Å². The molecule has 1 atom stereocenters. The minimum Gasteiger partial charge on any atom is -0.444 e. The second kappa shape index (κ2) is 4.14. The van der Waals surface area contributed by atoms with Crippen LogP contribution in [0, 0.1) is 0 Å². The molecule has 0 radical (unpaired) electrons. The lowest BCUT2D eigenvalue weighted by molar-refractivity contribution is -0.0232. The number of carbonyl (C=O) groups is 1. The summed E-state index contributed by atoms with van der Waals surface area (Å²) < 4.78 is 5.34. The van der Waals surface area contributed by atoms with Crippen molar-refractivity contribution in [2.24, 2.45) is 0 Å². The molecule has 5 nitrogen and oxygen atoms in total. The fraction of sp³-hybridized carbons (Fsp3) is 0.917. The standard InChI is InChI=1S/C12H23N3O2/c1-9-5-13-6-12(14-9)7-15(8-12)10(16)17-11(2,3)4/h9,13-14H,5-8H2,1-4H3/t9-/m0/s1. The average molecular weight is 241 g/mol. The van der Waals surface area contributed by atoms with Gasteiger partial charge in [-0.15, -0.1) is 0 Å². The van der Waals surface area contributed by atoms with Crippen molar-refractivity contribution in [3.8, 4) is 0 Å². The molecule has 2 rings (SSSR count). The number of ether oxygens (including phenoxy) is 1. The molecule has 17 heavy (non-hydrogen) atoms. The number of carbonyl (C=O) groups excluding carboxylic acids is 1. The molecule has 2 fully saturated rings. The van der Waals surface area contributed by atoms with E-state index in [1.54, 1.807) is 4.90 Å². The molecule has 1 spiro atoms. The van der Waals surface area contributed by atoms with Gasteiger partial charge >= 0.3 is 6.09 Å². The number of hydrogen-bond acceptors (Lipinski definition) is 4. The molecule has 98 valence electrons. The Balaban J connectivity index is 1.83. The first kappa shape index (κ1) is 12.6. The highest BCUT2D eigenvalue weighted by molar-refractivity contribution is 5.70. The minimum atomic E-state index is -0.411. The quantitative estimate of drug-likeness (QED) is 0.650. The second-order valence-corrected chi connectivity index (χ2v) is 6.29. The first-order valence-electron chi connectivity index (χ1n) is 6.26. The molecule has 2 saturated heterocycles. The second-order valence-electron chi connectivity index (χ2n) is 6.29. The highest BCUT2D eigenvalue weighted by Gasteiger charge is 2.48. The van der Waals surface area contributed by atoms with Gasteiger partial charge in [-0.1, -0.05) is 0 Å². The fourth-order valence-electron chi connectivity index (χ4n) is 2.50. The van der Waals surface area contributed by atoms with E-state index in [1.807, 2.05) is 20.8 Å². The van der Waals surface area contributed by atoms with Crippen LogP contribution >= 0.6 is 0 Å². The molecule has 2 aliphatic heterocycles. The number of nitrogens with one attached hydrogen (secondary N) is 2. The van der Waals surface area contributed by atoms with Crippen LogP contribution in [0.15, 0.2) is 0 Å². The summed E-state index contributed by atoms with van der Waals surface area (Å²) in [7, 11) is 0. The van der Waals surface area contributed by atoms with Gasteiger partial charge in [0, 0.05) is 32.2 Å². The predicted molar refractivity (Wildman–Crippen MR) is 66.0 cm³/mol. The normalized spacial score (nSPS) is 27.8. The van der Waals surface area contributed by atoms with Gasteiger partial charge in [0.2, 0.25) is 0 Å². The van der Waals surface area contributed by atoms with Crippen LogP contribution in [0.1, 0.15) is 27.7 Å². The van der Waals surface area contributed by atoms with E-state index >= 15 is 0 Å². The third-order valence-electron chi connectivity index (χ3n) is 3.11. The Kier molecular flexibility index (Phi) is 3.08. The molecule has 2 aliphatic rings. The van der Waals surface area contributed by atoms with Crippen molar-refractivity contribution in [1.82, 2.24) is 15.5 Å². The first-order chi connectivity index (χ1) is 7.80. The van der Waals surface area contributed by atoms with Crippen LogP contribution in [0.3, 0.4) is 0 Å². The van der Waals surface area contributed by atoms with Crippen molar-refractivity contribution in [3.05, 3.63) is 0 Å². The van der Waals surface area contributed by atoms with Gasteiger partial charge in [-0.05, 0) is 27.7 Å². The lowest BCUT2D eigenvalue weighted by Crippen LogP contribution is -2.78. The largest absolute Gasteiger partial charge is 0.444 e. The lowest BCUT2D eigenvalue weighted by Gasteiger charge is -2.53. The molecule has 0 saturated carbocycles. The number of nitrogens with zero attached hydrogens (tertiary/aromatic N) is 1. The van der Waals surface area contributed by atoms with E-state index in [9.17, 15) is 4.79 Å². The number of rotatable bonds is 0. The smallest absolute Gasteiger partial charge is 0.410 e. The van der Waals surface area contributed by atoms with Gasteiger partial charge in [0.15, 0.2) is 0 Å². The summed E-state index contributed by atoms with van der Waals surface area (Å²) in [6.07, 6.45) is -0.205. The van der Waals surface area contributed by atoms with Gasteiger partial charge in [0.05, 0.1) is 5.54 Å². The summed E-state index contributed by atoms with van der Waals surface area (Å²) in [5.74, 6) is 0. The molecule has 0 bridgehead atoms. The Morgan fingerprint density at radius 3 is 2.59 bits per heavy atom. The Bertz CT molecular complexity index is 305. The third kappa shape index (κ3) is 2.90. The van der Waals surface area contributed by atoms with Crippen LogP contribution in [-0.2, 0) is 4.74 Å². The third-order valence-corrected chi connectivity index (χ3v) is 3.11. The number of hydrogen-bond donors (Lipinski definition) is 2. The number of piperazine rings is 1. The number of amides is 1. The zero-order chi connectivity index (χ0) is 12.7. The van der Waals surface area contributed by atoms with Crippen molar-refractivity contribution in [1.29, 1.82) is 0 Å². The lowest BCUT2D eigenvalue weighted by atomic mass is 9.87. The summed E-state index contributed by atoms with van der Waals surface area (Å²) in [6, 6.07) is 0.463. The van der Waals surface area contributed by atoms with Crippen molar-refractivity contribution < 1.29 is 9.53 Å². The van der Waals surface area contributed by atoms with Crippen LogP contribution in [-0.4, -0.2) is 54.4 Å². The molecular formula is C12H23N3O2. The van der Waals surface area contributed by atoms with Gasteiger partial charge in [-0.2, -0.15) is 0 Å². The first-order valence-corrected chi connectivity index (χ1v) is 6.26. The summed E-state index contributed by atoms with van der Waals surface area (Å²) in [5, 5.41) is 6.96. The molecule has 0 aromatic rings. The van der Waals surface area contributed by atoms with Gasteiger partial charge in [-0.3, -0.25) is 0 Å². The van der Waals surface area contributed by atoms with E-state index < -0.39 is 5.60 Å². The zero-order valence-corrected chi connectivity index (χ0v) is 11.2. The molecule has 0 aromatic heterocycles. The predicted octanol–water partition coefficient (Wildman–Crippen LogP) is 0.557. The van der Waals surface area contributed by atoms with E-state index in [4.69, 9.17) is 4.74 Å². The summed E-state index contributed by atoms with van der Waals surface area (Å²) in [4.78, 5) is 13.6. The average Bonchev–Trinajstić information content (AvgIpc) is 2.10. The Labute approximate surface area is 103 Å². The van der Waals surface area contributed by atoms with Crippen LogP contribution in [0.2, 0.25) is 0 Å². The van der Waals surface area contributed by atoms with E-state index in [1.165, 1.54) is 0 Å². The molecule has 0 aromatic carbocycles. The minimum absolute atomic E-state index is 0.0641. The zero-order valence-electron chi connectivity index (χ0n) is 11.2. The maximum atomic E-state index is 11.8. The molecule has 0 unspecified atom stereocenters. The molecular weight excluding hydrogens is 218 g/mol. The summed E-state index contributed by atoms with van der Waals surface area (Å²) in [5.41, 5.74) is -0.347. The maximum Gasteiger partial charge on any atom is 0.410 e. The summed E-state index contributed by atoms with van der Waals surface area (Å²) >= 11 is 0. The van der Waals surface area contributed by atoms with Crippen molar-refractivity contribution in [2.75, 3.05) is 26.2 Å². The fourth-order valence-corrected chi connectivity index (χ4v) is 2.50. The van der Waals surface area contributed by atoms with Crippen molar-refractivity contribution >= 4 is 6.09 Å². The van der Waals surface area contributed by atoms with Crippen molar-refractivity contribution in [2.45, 2.75) is 44.9 Å². The van der Waals surface area contributed by atoms with E-state index in [0.29, 0.717) is 6.04 Å².